The Morgan fingerprint density at radius 1 is 1.23 bits per heavy atom. The van der Waals surface area contributed by atoms with Gasteiger partial charge in [0.2, 0.25) is 5.76 Å². The molecule has 3 aliphatic rings. The summed E-state index contributed by atoms with van der Waals surface area (Å²) in [4.78, 5) is 12.4. The molecule has 1 saturated carbocycles. The monoisotopic (exact) mass is 440 g/mol. The lowest BCUT2D eigenvalue weighted by atomic mass is 9.61. The van der Waals surface area contributed by atoms with E-state index in [1.165, 1.54) is 12.5 Å². The largest absolute Gasteiger partial charge is 0.502 e. The molecule has 5 N–H and O–H groups in total. The molecule has 172 valence electrons. The Labute approximate surface area is 178 Å². The quantitative estimate of drug-likeness (QED) is 0.412. The second kappa shape index (κ2) is 8.19. The first-order valence-electron chi connectivity index (χ1n) is 10.3. The molecule has 1 aromatic heterocycles. The molecule has 0 radical (unpaired) electrons. The van der Waals surface area contributed by atoms with Crippen molar-refractivity contribution in [3.63, 3.8) is 0 Å². The van der Waals surface area contributed by atoms with Crippen molar-refractivity contribution >= 4 is 5.97 Å². The zero-order valence-electron chi connectivity index (χ0n) is 17.2. The maximum atomic E-state index is 12.4. The Morgan fingerprint density at radius 3 is 2.61 bits per heavy atom. The van der Waals surface area contributed by atoms with Crippen LogP contribution in [0.25, 0.3) is 0 Å². The molecule has 31 heavy (non-hydrogen) atoms. The molecular weight excluding hydrogens is 412 g/mol. The number of aliphatic hydroxyl groups excluding tert-OH is 5. The summed E-state index contributed by atoms with van der Waals surface area (Å²) in [7, 11) is 0. The molecule has 2 aliphatic heterocycles. The topological polar surface area (TPSA) is 159 Å². The summed E-state index contributed by atoms with van der Waals surface area (Å²) in [5, 5.41) is 50.2. The third kappa shape index (κ3) is 3.57. The van der Waals surface area contributed by atoms with Crippen molar-refractivity contribution in [3.8, 4) is 0 Å². The maximum Gasteiger partial charge on any atom is 0.374 e. The molecule has 10 heteroatoms. The normalized spacial score (nSPS) is 43.5. The van der Waals surface area contributed by atoms with Crippen LogP contribution in [0.2, 0.25) is 0 Å². The Balaban J connectivity index is 1.59. The van der Waals surface area contributed by atoms with Gasteiger partial charge in [-0.2, -0.15) is 0 Å². The summed E-state index contributed by atoms with van der Waals surface area (Å²) in [6, 6.07) is 1.71. The molecule has 10 nitrogen and oxygen atoms in total. The van der Waals surface area contributed by atoms with Gasteiger partial charge in [0.1, 0.15) is 30.5 Å². The standard InChI is InChI=1S/C21H28O10/c1-9-11(29-20-17(26)16(25)14(23)12(7-22)30-20)3-5-21(2)13(9)15(24)19(27)31-18(21)10-4-6-28-8-10/h4,6,8-9,11-12,14,16-18,20,22-26H,3,5,7H2,1-2H3/t9-,11+,12-,14-,16+,17-,18+,20-,21-/m1/s1. The molecule has 0 aromatic carbocycles. The van der Waals surface area contributed by atoms with Crippen LogP contribution in [-0.4, -0.2) is 74.9 Å². The molecule has 0 amide bonds. The molecule has 0 unspecified atom stereocenters. The van der Waals surface area contributed by atoms with Gasteiger partial charge in [-0.25, -0.2) is 4.79 Å². The predicted molar refractivity (Wildman–Crippen MR) is 102 cm³/mol. The molecule has 4 rings (SSSR count). The minimum absolute atomic E-state index is 0.451. The number of furan rings is 1. The third-order valence-corrected chi connectivity index (χ3v) is 6.83. The van der Waals surface area contributed by atoms with Gasteiger partial charge in [-0.1, -0.05) is 13.8 Å². The molecule has 0 spiro atoms. The summed E-state index contributed by atoms with van der Waals surface area (Å²) in [6.45, 7) is 3.14. The molecule has 0 bridgehead atoms. The van der Waals surface area contributed by atoms with Crippen LogP contribution in [0.3, 0.4) is 0 Å². The van der Waals surface area contributed by atoms with Gasteiger partial charge < -0.3 is 44.2 Å². The fraction of sp³-hybridized carbons (Fsp3) is 0.667. The number of carbonyl (C=O) groups excluding carboxylic acids is 1. The summed E-state index contributed by atoms with van der Waals surface area (Å²) < 4.78 is 22.1. The van der Waals surface area contributed by atoms with E-state index in [1.54, 1.807) is 13.0 Å². The average molecular weight is 440 g/mol. The van der Waals surface area contributed by atoms with Gasteiger partial charge in [0.25, 0.3) is 0 Å². The van der Waals surface area contributed by atoms with Gasteiger partial charge in [-0.15, -0.1) is 0 Å². The van der Waals surface area contributed by atoms with Crippen molar-refractivity contribution in [2.24, 2.45) is 11.3 Å². The summed E-state index contributed by atoms with van der Waals surface area (Å²) >= 11 is 0. The zero-order chi connectivity index (χ0) is 22.5. The number of hydrogen-bond acceptors (Lipinski definition) is 10. The second-order valence-electron chi connectivity index (χ2n) is 8.72. The van der Waals surface area contributed by atoms with Crippen LogP contribution in [-0.2, 0) is 19.0 Å². The number of carbonyl (C=O) groups is 1. The van der Waals surface area contributed by atoms with Crippen molar-refractivity contribution in [1.29, 1.82) is 0 Å². The average Bonchev–Trinajstić information content (AvgIpc) is 3.27. The first-order chi connectivity index (χ1) is 14.7. The van der Waals surface area contributed by atoms with Gasteiger partial charge >= 0.3 is 5.97 Å². The van der Waals surface area contributed by atoms with Crippen molar-refractivity contribution in [1.82, 2.24) is 0 Å². The molecule has 9 atom stereocenters. The summed E-state index contributed by atoms with van der Waals surface area (Å²) in [6.07, 6.45) is -4.20. The van der Waals surface area contributed by atoms with E-state index in [0.717, 1.165) is 0 Å². The lowest BCUT2D eigenvalue weighted by Gasteiger charge is -2.50. The lowest BCUT2D eigenvalue weighted by Crippen LogP contribution is -2.60. The second-order valence-corrected chi connectivity index (χ2v) is 8.72. The summed E-state index contributed by atoms with van der Waals surface area (Å²) in [5.41, 5.74) is 0.466. The number of rotatable bonds is 4. The van der Waals surface area contributed by atoms with Crippen LogP contribution in [0.15, 0.2) is 34.3 Å². The van der Waals surface area contributed by atoms with Crippen LogP contribution in [0.1, 0.15) is 38.4 Å². The van der Waals surface area contributed by atoms with Crippen LogP contribution in [0.5, 0.6) is 0 Å². The van der Waals surface area contributed by atoms with Crippen molar-refractivity contribution in [3.05, 3.63) is 35.5 Å². The number of hydrogen-bond donors (Lipinski definition) is 5. The highest BCUT2D eigenvalue weighted by Crippen LogP contribution is 2.56. The number of fused-ring (bicyclic) bond motifs is 1. The smallest absolute Gasteiger partial charge is 0.374 e. The van der Waals surface area contributed by atoms with E-state index >= 15 is 0 Å². The van der Waals surface area contributed by atoms with E-state index in [0.29, 0.717) is 24.0 Å². The number of aliphatic hydroxyl groups is 5. The van der Waals surface area contributed by atoms with Crippen molar-refractivity contribution in [2.75, 3.05) is 6.61 Å². The van der Waals surface area contributed by atoms with Gasteiger partial charge in [0.05, 0.1) is 25.2 Å². The van der Waals surface area contributed by atoms with E-state index in [2.05, 4.69) is 0 Å². The third-order valence-electron chi connectivity index (χ3n) is 6.83. The first-order valence-corrected chi connectivity index (χ1v) is 10.3. The highest BCUT2D eigenvalue weighted by molar-refractivity contribution is 5.88. The highest BCUT2D eigenvalue weighted by Gasteiger charge is 2.55. The Bertz CT molecular complexity index is 833. The van der Waals surface area contributed by atoms with Gasteiger partial charge in [0, 0.05) is 16.9 Å². The van der Waals surface area contributed by atoms with E-state index < -0.39 is 72.6 Å². The highest BCUT2D eigenvalue weighted by atomic mass is 16.7. The maximum absolute atomic E-state index is 12.4. The minimum Gasteiger partial charge on any atom is -0.502 e. The molecular formula is C21H28O10. The Kier molecular flexibility index (Phi) is 5.88. The van der Waals surface area contributed by atoms with Crippen LogP contribution < -0.4 is 0 Å². The van der Waals surface area contributed by atoms with Crippen LogP contribution in [0.4, 0.5) is 0 Å². The molecule has 3 heterocycles. The van der Waals surface area contributed by atoms with Gasteiger partial charge in [-0.05, 0) is 24.5 Å². The van der Waals surface area contributed by atoms with Crippen LogP contribution in [0, 0.1) is 11.3 Å². The van der Waals surface area contributed by atoms with Crippen molar-refractivity contribution in [2.45, 2.75) is 69.6 Å². The summed E-state index contributed by atoms with van der Waals surface area (Å²) in [5.74, 6) is -1.75. The number of cyclic esters (lactones) is 1. The lowest BCUT2D eigenvalue weighted by molar-refractivity contribution is -0.316. The Morgan fingerprint density at radius 2 is 1.97 bits per heavy atom. The van der Waals surface area contributed by atoms with E-state index in [-0.39, 0.29) is 0 Å². The molecule has 1 aromatic rings. The van der Waals surface area contributed by atoms with E-state index in [1.807, 2.05) is 6.92 Å². The SMILES string of the molecule is C[C@H]1C2=C(O)C(=O)O[C@@H](c3ccoc3)[C@]2(C)CC[C@@H]1O[C@@H]1O[C@H](CO)[C@@H](O)[C@H](O)[C@H]1O. The van der Waals surface area contributed by atoms with Gasteiger partial charge in [0.15, 0.2) is 6.29 Å². The van der Waals surface area contributed by atoms with Gasteiger partial charge in [-0.3, -0.25) is 0 Å². The number of ether oxygens (including phenoxy) is 3. The predicted octanol–water partition coefficient (Wildman–Crippen LogP) is 0.311. The molecule has 1 aliphatic carbocycles. The van der Waals surface area contributed by atoms with Crippen molar-refractivity contribution < 1.29 is 49.0 Å². The van der Waals surface area contributed by atoms with Crippen LogP contribution >= 0.6 is 0 Å². The van der Waals surface area contributed by atoms with E-state index in [4.69, 9.17) is 18.6 Å². The molecule has 2 fully saturated rings. The minimum atomic E-state index is -1.55. The Hall–Kier alpha value is -1.95. The number of esters is 1. The fourth-order valence-electron chi connectivity index (χ4n) is 5.09. The van der Waals surface area contributed by atoms with E-state index in [9.17, 15) is 30.3 Å². The molecule has 1 saturated heterocycles. The first kappa shape index (κ1) is 22.3. The fourth-order valence-corrected chi connectivity index (χ4v) is 5.09. The zero-order valence-corrected chi connectivity index (χ0v) is 17.2.